The molecule has 0 heterocycles. The van der Waals surface area contributed by atoms with Crippen LogP contribution >= 0.6 is 0 Å². The van der Waals surface area contributed by atoms with Crippen molar-refractivity contribution in [3.8, 4) is 0 Å². The van der Waals surface area contributed by atoms with Crippen molar-refractivity contribution in [1.29, 1.82) is 0 Å². The predicted octanol–water partition coefficient (Wildman–Crippen LogP) is 3.85. The first-order chi connectivity index (χ1) is 11.6. The van der Waals surface area contributed by atoms with Crippen LogP contribution in [0.15, 0.2) is 60.7 Å². The minimum absolute atomic E-state index is 0.0716. The summed E-state index contributed by atoms with van der Waals surface area (Å²) in [6.07, 6.45) is 0. The number of hydrogen-bond acceptors (Lipinski definition) is 2. The number of amides is 1. The van der Waals surface area contributed by atoms with Crippen LogP contribution in [0.25, 0.3) is 10.8 Å². The smallest absolute Gasteiger partial charge is 0.238 e. The van der Waals surface area contributed by atoms with E-state index in [9.17, 15) is 13.6 Å². The van der Waals surface area contributed by atoms with Gasteiger partial charge in [0.1, 0.15) is 0 Å². The second kappa shape index (κ2) is 7.19. The molecule has 3 nitrogen and oxygen atoms in total. The highest BCUT2D eigenvalue weighted by molar-refractivity contribution is 5.92. The standard InChI is InChI=1S/C19H16F2N2O/c20-17-9-8-15(10-18(17)21)23-19(24)12-22-11-14-6-3-5-13-4-1-2-7-16(13)14/h1-10,22H,11-12H2,(H,23,24). The van der Waals surface area contributed by atoms with Crippen LogP contribution in [-0.2, 0) is 11.3 Å². The fourth-order valence-corrected chi connectivity index (χ4v) is 2.54. The van der Waals surface area contributed by atoms with E-state index in [0.29, 0.717) is 6.54 Å². The van der Waals surface area contributed by atoms with Gasteiger partial charge in [-0.05, 0) is 28.5 Å². The molecule has 0 saturated heterocycles. The number of carbonyl (C=O) groups is 1. The Morgan fingerprint density at radius 2 is 1.71 bits per heavy atom. The van der Waals surface area contributed by atoms with Crippen molar-refractivity contribution in [2.24, 2.45) is 0 Å². The summed E-state index contributed by atoms with van der Waals surface area (Å²) in [5, 5.41) is 7.86. The Labute approximate surface area is 138 Å². The molecule has 1 amide bonds. The molecule has 3 rings (SSSR count). The molecular formula is C19H16F2N2O. The summed E-state index contributed by atoms with van der Waals surface area (Å²) in [4.78, 5) is 11.9. The van der Waals surface area contributed by atoms with Gasteiger partial charge in [-0.15, -0.1) is 0 Å². The van der Waals surface area contributed by atoms with Crippen LogP contribution in [0, 0.1) is 11.6 Å². The van der Waals surface area contributed by atoms with Gasteiger partial charge in [0, 0.05) is 18.3 Å². The number of anilines is 1. The van der Waals surface area contributed by atoms with E-state index >= 15 is 0 Å². The van der Waals surface area contributed by atoms with E-state index in [0.717, 1.165) is 28.5 Å². The molecule has 0 atom stereocenters. The van der Waals surface area contributed by atoms with Crippen LogP contribution in [0.2, 0.25) is 0 Å². The summed E-state index contributed by atoms with van der Waals surface area (Å²) >= 11 is 0. The van der Waals surface area contributed by atoms with Crippen LogP contribution < -0.4 is 10.6 Å². The second-order valence-electron chi connectivity index (χ2n) is 5.42. The van der Waals surface area contributed by atoms with E-state index in [1.165, 1.54) is 6.07 Å². The maximum Gasteiger partial charge on any atom is 0.238 e. The lowest BCUT2D eigenvalue weighted by atomic mass is 10.0. The molecule has 5 heteroatoms. The minimum atomic E-state index is -0.989. The summed E-state index contributed by atoms with van der Waals surface area (Å²) < 4.78 is 26.0. The molecule has 0 saturated carbocycles. The van der Waals surface area contributed by atoms with Gasteiger partial charge in [-0.25, -0.2) is 8.78 Å². The molecule has 0 aliphatic heterocycles. The van der Waals surface area contributed by atoms with Crippen molar-refractivity contribution < 1.29 is 13.6 Å². The van der Waals surface area contributed by atoms with Crippen molar-refractivity contribution >= 4 is 22.4 Å². The number of benzene rings is 3. The first kappa shape index (κ1) is 16.1. The van der Waals surface area contributed by atoms with Crippen molar-refractivity contribution in [1.82, 2.24) is 5.32 Å². The van der Waals surface area contributed by atoms with E-state index in [2.05, 4.69) is 10.6 Å². The Bertz CT molecular complexity index is 875. The van der Waals surface area contributed by atoms with Gasteiger partial charge in [-0.3, -0.25) is 4.79 Å². The summed E-state index contributed by atoms with van der Waals surface area (Å²) in [6.45, 7) is 0.606. The number of halogens is 2. The van der Waals surface area contributed by atoms with E-state index < -0.39 is 11.6 Å². The third-order valence-electron chi connectivity index (χ3n) is 3.68. The number of hydrogen-bond donors (Lipinski definition) is 2. The lowest BCUT2D eigenvalue weighted by Crippen LogP contribution is -2.27. The average molecular weight is 326 g/mol. The zero-order valence-electron chi connectivity index (χ0n) is 12.9. The van der Waals surface area contributed by atoms with Gasteiger partial charge in [-0.1, -0.05) is 42.5 Å². The van der Waals surface area contributed by atoms with Crippen LogP contribution in [0.3, 0.4) is 0 Å². The molecular weight excluding hydrogens is 310 g/mol. The Balaban J connectivity index is 1.57. The molecule has 0 unspecified atom stereocenters. The highest BCUT2D eigenvalue weighted by Gasteiger charge is 2.06. The van der Waals surface area contributed by atoms with Crippen LogP contribution in [0.1, 0.15) is 5.56 Å². The van der Waals surface area contributed by atoms with Gasteiger partial charge < -0.3 is 10.6 Å². The van der Waals surface area contributed by atoms with Gasteiger partial charge in [0.05, 0.1) is 6.54 Å². The highest BCUT2D eigenvalue weighted by Crippen LogP contribution is 2.18. The van der Waals surface area contributed by atoms with E-state index in [-0.39, 0.29) is 18.1 Å². The van der Waals surface area contributed by atoms with Crippen LogP contribution in [-0.4, -0.2) is 12.5 Å². The normalized spacial score (nSPS) is 10.8. The third kappa shape index (κ3) is 3.75. The zero-order chi connectivity index (χ0) is 16.9. The highest BCUT2D eigenvalue weighted by atomic mass is 19.2. The van der Waals surface area contributed by atoms with Crippen molar-refractivity contribution in [2.75, 3.05) is 11.9 Å². The quantitative estimate of drug-likeness (QED) is 0.748. The van der Waals surface area contributed by atoms with E-state index in [1.807, 2.05) is 42.5 Å². The molecule has 24 heavy (non-hydrogen) atoms. The zero-order valence-corrected chi connectivity index (χ0v) is 12.9. The summed E-state index contributed by atoms with van der Waals surface area (Å²) in [5.74, 6) is -2.25. The molecule has 0 bridgehead atoms. The molecule has 2 N–H and O–H groups in total. The van der Waals surface area contributed by atoms with Gasteiger partial charge in [0.15, 0.2) is 11.6 Å². The largest absolute Gasteiger partial charge is 0.325 e. The van der Waals surface area contributed by atoms with Crippen LogP contribution in [0.5, 0.6) is 0 Å². The lowest BCUT2D eigenvalue weighted by Gasteiger charge is -2.09. The minimum Gasteiger partial charge on any atom is -0.325 e. The van der Waals surface area contributed by atoms with Gasteiger partial charge in [0.25, 0.3) is 0 Å². The fraction of sp³-hybridized carbons (Fsp3) is 0.105. The number of nitrogens with one attached hydrogen (secondary N) is 2. The predicted molar refractivity (Wildman–Crippen MR) is 90.6 cm³/mol. The molecule has 122 valence electrons. The average Bonchev–Trinajstić information content (AvgIpc) is 2.58. The molecule has 0 fully saturated rings. The van der Waals surface area contributed by atoms with Crippen molar-refractivity contribution in [3.63, 3.8) is 0 Å². The molecule has 3 aromatic carbocycles. The summed E-state index contributed by atoms with van der Waals surface area (Å²) in [6, 6.07) is 17.3. The van der Waals surface area contributed by atoms with E-state index in [1.54, 1.807) is 0 Å². The van der Waals surface area contributed by atoms with Gasteiger partial charge >= 0.3 is 0 Å². The molecule has 0 aromatic heterocycles. The summed E-state index contributed by atoms with van der Waals surface area (Å²) in [5.41, 5.74) is 1.32. The van der Waals surface area contributed by atoms with Gasteiger partial charge in [-0.2, -0.15) is 0 Å². The Morgan fingerprint density at radius 1 is 0.917 bits per heavy atom. The fourth-order valence-electron chi connectivity index (χ4n) is 2.54. The van der Waals surface area contributed by atoms with Crippen LogP contribution in [0.4, 0.5) is 14.5 Å². The Kier molecular flexibility index (Phi) is 4.82. The third-order valence-corrected chi connectivity index (χ3v) is 3.68. The molecule has 0 spiro atoms. The molecule has 0 radical (unpaired) electrons. The number of carbonyl (C=O) groups excluding carboxylic acids is 1. The Hall–Kier alpha value is -2.79. The molecule has 0 aliphatic rings. The molecule has 0 aliphatic carbocycles. The first-order valence-electron chi connectivity index (χ1n) is 7.56. The number of rotatable bonds is 5. The second-order valence-corrected chi connectivity index (χ2v) is 5.42. The van der Waals surface area contributed by atoms with Crippen molar-refractivity contribution in [3.05, 3.63) is 77.9 Å². The van der Waals surface area contributed by atoms with Crippen molar-refractivity contribution in [2.45, 2.75) is 6.54 Å². The SMILES string of the molecule is O=C(CNCc1cccc2ccccc12)Nc1ccc(F)c(F)c1. The van der Waals surface area contributed by atoms with E-state index in [4.69, 9.17) is 0 Å². The first-order valence-corrected chi connectivity index (χ1v) is 7.56. The monoisotopic (exact) mass is 326 g/mol. The topological polar surface area (TPSA) is 41.1 Å². The van der Waals surface area contributed by atoms with Gasteiger partial charge in [0.2, 0.25) is 5.91 Å². The maximum atomic E-state index is 13.1. The summed E-state index contributed by atoms with van der Waals surface area (Å²) in [7, 11) is 0. The molecule has 3 aromatic rings. The Morgan fingerprint density at radius 3 is 2.54 bits per heavy atom. The lowest BCUT2D eigenvalue weighted by molar-refractivity contribution is -0.115. The number of fused-ring (bicyclic) bond motifs is 1. The maximum absolute atomic E-state index is 13.1.